The molecule has 4 heteroatoms. The second kappa shape index (κ2) is 6.11. The highest BCUT2D eigenvalue weighted by Gasteiger charge is 2.37. The second-order valence-corrected chi connectivity index (χ2v) is 6.50. The molecule has 1 atom stereocenters. The Kier molecular flexibility index (Phi) is 3.81. The number of aryl methyl sites for hydroxylation is 1. The van der Waals surface area contributed by atoms with E-state index in [1.54, 1.807) is 0 Å². The van der Waals surface area contributed by atoms with Gasteiger partial charge in [-0.2, -0.15) is 5.10 Å². The van der Waals surface area contributed by atoms with Crippen LogP contribution in [0.1, 0.15) is 36.9 Å². The summed E-state index contributed by atoms with van der Waals surface area (Å²) in [5.74, 6) is 0.498. The van der Waals surface area contributed by atoms with Crippen LogP contribution >= 0.6 is 0 Å². The Hall–Kier alpha value is -2.62. The van der Waals surface area contributed by atoms with Gasteiger partial charge in [-0.15, -0.1) is 0 Å². The van der Waals surface area contributed by atoms with E-state index >= 15 is 0 Å². The zero-order valence-electron chi connectivity index (χ0n) is 13.8. The van der Waals surface area contributed by atoms with Gasteiger partial charge in [0, 0.05) is 16.8 Å². The molecule has 122 valence electrons. The third-order valence-electron chi connectivity index (χ3n) is 4.79. The Morgan fingerprint density at radius 2 is 2.04 bits per heavy atom. The fraction of sp³-hybridized carbons (Fsp3) is 0.300. The summed E-state index contributed by atoms with van der Waals surface area (Å²) >= 11 is 0. The second-order valence-electron chi connectivity index (χ2n) is 6.50. The first kappa shape index (κ1) is 14.9. The summed E-state index contributed by atoms with van der Waals surface area (Å²) in [6.07, 6.45) is 3.16. The average molecular weight is 319 g/mol. The molecule has 0 aliphatic heterocycles. The van der Waals surface area contributed by atoms with Crippen molar-refractivity contribution in [2.45, 2.75) is 32.1 Å². The zero-order chi connectivity index (χ0) is 16.5. The van der Waals surface area contributed by atoms with Gasteiger partial charge in [0.25, 0.3) is 0 Å². The van der Waals surface area contributed by atoms with Crippen LogP contribution in [-0.2, 0) is 11.2 Å². The summed E-state index contributed by atoms with van der Waals surface area (Å²) in [5, 5.41) is 11.5. The lowest BCUT2D eigenvalue weighted by molar-refractivity contribution is -0.118. The van der Waals surface area contributed by atoms with E-state index in [0.29, 0.717) is 5.92 Å². The fourth-order valence-electron chi connectivity index (χ4n) is 3.36. The fourth-order valence-corrected chi connectivity index (χ4v) is 3.36. The number of rotatable bonds is 5. The normalized spacial score (nSPS) is 15.4. The van der Waals surface area contributed by atoms with E-state index in [1.807, 2.05) is 36.4 Å². The molecule has 24 heavy (non-hydrogen) atoms. The number of carbonyl (C=O) groups excluding carboxylic acids is 1. The van der Waals surface area contributed by atoms with Gasteiger partial charge in [0.1, 0.15) is 0 Å². The first-order valence-corrected chi connectivity index (χ1v) is 8.59. The third kappa shape index (κ3) is 2.80. The molecule has 2 aromatic carbocycles. The van der Waals surface area contributed by atoms with Crippen molar-refractivity contribution >= 4 is 22.5 Å². The third-order valence-corrected chi connectivity index (χ3v) is 4.79. The largest absolute Gasteiger partial charge is 0.326 e. The first-order valence-electron chi connectivity index (χ1n) is 8.59. The topological polar surface area (TPSA) is 57.8 Å². The Morgan fingerprint density at radius 3 is 2.75 bits per heavy atom. The van der Waals surface area contributed by atoms with Crippen molar-refractivity contribution in [2.75, 3.05) is 5.32 Å². The predicted molar refractivity (Wildman–Crippen MR) is 96.0 cm³/mol. The van der Waals surface area contributed by atoms with E-state index in [0.717, 1.165) is 47.1 Å². The summed E-state index contributed by atoms with van der Waals surface area (Å²) in [6.45, 7) is 2.09. The molecular formula is C20H21N3O. The van der Waals surface area contributed by atoms with Crippen LogP contribution in [0.4, 0.5) is 5.69 Å². The van der Waals surface area contributed by atoms with Gasteiger partial charge in [-0.05, 0) is 48.9 Å². The van der Waals surface area contributed by atoms with Gasteiger partial charge in [0.15, 0.2) is 0 Å². The van der Waals surface area contributed by atoms with E-state index in [9.17, 15) is 4.79 Å². The van der Waals surface area contributed by atoms with Crippen LogP contribution in [0.2, 0.25) is 0 Å². The van der Waals surface area contributed by atoms with Crippen molar-refractivity contribution in [2.24, 2.45) is 5.92 Å². The van der Waals surface area contributed by atoms with Crippen molar-refractivity contribution in [3.05, 3.63) is 59.8 Å². The molecule has 1 unspecified atom stereocenters. The van der Waals surface area contributed by atoms with E-state index in [4.69, 9.17) is 0 Å². The van der Waals surface area contributed by atoms with Crippen LogP contribution in [0, 0.1) is 5.92 Å². The lowest BCUT2D eigenvalue weighted by Crippen LogP contribution is -2.22. The molecule has 1 aliphatic rings. The van der Waals surface area contributed by atoms with E-state index in [-0.39, 0.29) is 11.8 Å². The molecule has 1 aliphatic carbocycles. The smallest absolute Gasteiger partial charge is 0.232 e. The SMILES string of the molecule is CCc1[nH]nc2ccc(NC(=O)C(c3ccccc3)C3CC3)cc12. The molecule has 1 fully saturated rings. The Labute approximate surface area is 141 Å². The number of aromatic amines is 1. The van der Waals surface area contributed by atoms with Gasteiger partial charge >= 0.3 is 0 Å². The zero-order valence-corrected chi connectivity index (χ0v) is 13.8. The Bertz CT molecular complexity index is 865. The van der Waals surface area contributed by atoms with E-state index in [2.05, 4.69) is 34.6 Å². The van der Waals surface area contributed by atoms with Gasteiger partial charge in [0.2, 0.25) is 5.91 Å². The molecule has 2 N–H and O–H groups in total. The van der Waals surface area contributed by atoms with Gasteiger partial charge in [-0.25, -0.2) is 0 Å². The monoisotopic (exact) mass is 319 g/mol. The minimum Gasteiger partial charge on any atom is -0.326 e. The van der Waals surface area contributed by atoms with Crippen LogP contribution in [0.5, 0.6) is 0 Å². The van der Waals surface area contributed by atoms with Crippen molar-refractivity contribution in [3.8, 4) is 0 Å². The van der Waals surface area contributed by atoms with Crippen LogP contribution in [0.3, 0.4) is 0 Å². The maximum atomic E-state index is 12.9. The standard InChI is InChI=1S/C20H21N3O/c1-2-17-16-12-15(10-11-18(16)23-22-17)21-20(24)19(14-8-9-14)13-6-4-3-5-7-13/h3-7,10-12,14,19H,2,8-9H2,1H3,(H,21,24)(H,22,23). The average Bonchev–Trinajstić information content (AvgIpc) is 3.35. The minimum absolute atomic E-state index is 0.0584. The van der Waals surface area contributed by atoms with Crippen molar-refractivity contribution in [3.63, 3.8) is 0 Å². The number of carbonyl (C=O) groups is 1. The maximum Gasteiger partial charge on any atom is 0.232 e. The summed E-state index contributed by atoms with van der Waals surface area (Å²) < 4.78 is 0. The maximum absolute atomic E-state index is 12.9. The molecule has 0 bridgehead atoms. The number of benzene rings is 2. The number of nitrogens with zero attached hydrogens (tertiary/aromatic N) is 1. The number of hydrogen-bond acceptors (Lipinski definition) is 2. The molecule has 1 heterocycles. The highest BCUT2D eigenvalue weighted by Crippen LogP contribution is 2.43. The highest BCUT2D eigenvalue weighted by atomic mass is 16.1. The quantitative estimate of drug-likeness (QED) is 0.738. The van der Waals surface area contributed by atoms with Crippen molar-refractivity contribution < 1.29 is 4.79 Å². The molecule has 3 aromatic rings. The molecular weight excluding hydrogens is 298 g/mol. The van der Waals surface area contributed by atoms with Crippen molar-refractivity contribution in [1.82, 2.24) is 10.2 Å². The van der Waals surface area contributed by atoms with Gasteiger partial charge in [0.05, 0.1) is 11.4 Å². The Balaban J connectivity index is 1.60. The molecule has 0 spiro atoms. The number of aromatic nitrogens is 2. The molecule has 1 saturated carbocycles. The number of amides is 1. The Morgan fingerprint density at radius 1 is 1.25 bits per heavy atom. The van der Waals surface area contributed by atoms with Crippen LogP contribution < -0.4 is 5.32 Å². The van der Waals surface area contributed by atoms with Crippen molar-refractivity contribution in [1.29, 1.82) is 0 Å². The lowest BCUT2D eigenvalue weighted by Gasteiger charge is -2.16. The molecule has 0 radical (unpaired) electrons. The highest BCUT2D eigenvalue weighted by molar-refractivity contribution is 5.98. The van der Waals surface area contributed by atoms with E-state index in [1.165, 1.54) is 0 Å². The first-order chi connectivity index (χ1) is 11.8. The van der Waals surface area contributed by atoms with Crippen LogP contribution in [0.15, 0.2) is 48.5 Å². The molecule has 4 nitrogen and oxygen atoms in total. The van der Waals surface area contributed by atoms with Gasteiger partial charge < -0.3 is 5.32 Å². The number of anilines is 1. The summed E-state index contributed by atoms with van der Waals surface area (Å²) in [7, 11) is 0. The summed E-state index contributed by atoms with van der Waals surface area (Å²) in [4.78, 5) is 12.9. The summed E-state index contributed by atoms with van der Waals surface area (Å²) in [6, 6.07) is 16.0. The number of hydrogen-bond donors (Lipinski definition) is 2. The van der Waals surface area contributed by atoms with E-state index < -0.39 is 0 Å². The molecule has 4 rings (SSSR count). The summed E-state index contributed by atoms with van der Waals surface area (Å²) in [5.41, 5.74) is 3.98. The van der Waals surface area contributed by atoms with Crippen LogP contribution in [0.25, 0.3) is 10.9 Å². The molecule has 1 amide bonds. The number of fused-ring (bicyclic) bond motifs is 1. The number of nitrogens with one attached hydrogen (secondary N) is 2. The minimum atomic E-state index is -0.0584. The van der Waals surface area contributed by atoms with Gasteiger partial charge in [-0.1, -0.05) is 37.3 Å². The molecule has 0 saturated heterocycles. The van der Waals surface area contributed by atoms with Gasteiger partial charge in [-0.3, -0.25) is 9.89 Å². The number of H-pyrrole nitrogens is 1. The lowest BCUT2D eigenvalue weighted by atomic mass is 9.93. The van der Waals surface area contributed by atoms with Crippen LogP contribution in [-0.4, -0.2) is 16.1 Å². The predicted octanol–water partition coefficient (Wildman–Crippen LogP) is 4.26. The molecule has 1 aromatic heterocycles.